The molecule has 0 aliphatic heterocycles. The van der Waals surface area contributed by atoms with Gasteiger partial charge in [0.05, 0.1) is 12.8 Å². The summed E-state index contributed by atoms with van der Waals surface area (Å²) in [4.78, 5) is 21.6. The van der Waals surface area contributed by atoms with Crippen LogP contribution in [0, 0.1) is 13.8 Å². The number of benzene rings is 2. The van der Waals surface area contributed by atoms with Crippen LogP contribution in [-0.4, -0.2) is 27.4 Å². The van der Waals surface area contributed by atoms with Gasteiger partial charge in [0.25, 0.3) is 5.91 Å². The van der Waals surface area contributed by atoms with Crippen molar-refractivity contribution in [2.75, 3.05) is 12.4 Å². The van der Waals surface area contributed by atoms with E-state index in [0.717, 1.165) is 28.1 Å². The molecule has 0 unspecified atom stereocenters. The molecule has 2 aromatic carbocycles. The molecule has 0 spiro atoms. The Kier molecular flexibility index (Phi) is 4.53. The second kappa shape index (κ2) is 7.15. The topological polar surface area (TPSA) is 68.5 Å². The Bertz CT molecular complexity index is 1150. The first kappa shape index (κ1) is 17.7. The van der Waals surface area contributed by atoms with Crippen molar-refractivity contribution in [2.45, 2.75) is 13.8 Å². The number of nitrogens with zero attached hydrogens (tertiary/aromatic N) is 3. The van der Waals surface area contributed by atoms with E-state index in [1.54, 1.807) is 19.4 Å². The zero-order valence-corrected chi connectivity index (χ0v) is 15.9. The highest BCUT2D eigenvalue weighted by Gasteiger charge is 2.13. The summed E-state index contributed by atoms with van der Waals surface area (Å²) in [5.41, 5.74) is 4.90. The van der Waals surface area contributed by atoms with Crippen molar-refractivity contribution in [3.63, 3.8) is 0 Å². The molecule has 4 rings (SSSR count). The zero-order chi connectivity index (χ0) is 19.7. The quantitative estimate of drug-likeness (QED) is 0.581. The molecule has 0 bridgehead atoms. The summed E-state index contributed by atoms with van der Waals surface area (Å²) in [6.45, 7) is 3.87. The minimum atomic E-state index is -0.173. The highest BCUT2D eigenvalue weighted by atomic mass is 16.5. The van der Waals surface area contributed by atoms with Crippen molar-refractivity contribution in [3.05, 3.63) is 77.7 Å². The molecule has 1 N–H and O–H groups in total. The fourth-order valence-electron chi connectivity index (χ4n) is 3.05. The van der Waals surface area contributed by atoms with Gasteiger partial charge in [0, 0.05) is 35.4 Å². The van der Waals surface area contributed by atoms with Crippen LogP contribution in [-0.2, 0) is 0 Å². The molecule has 6 nitrogen and oxygen atoms in total. The lowest BCUT2D eigenvalue weighted by molar-refractivity contribution is 0.102. The van der Waals surface area contributed by atoms with Crippen LogP contribution in [0.15, 0.2) is 61.1 Å². The van der Waals surface area contributed by atoms with Gasteiger partial charge in [0.2, 0.25) is 5.78 Å². The molecule has 0 aliphatic carbocycles. The number of nitrogens with one attached hydrogen (secondary N) is 1. The molecule has 0 fully saturated rings. The number of hydrogen-bond donors (Lipinski definition) is 1. The molecule has 0 aliphatic rings. The number of aryl methyl sites for hydroxylation is 2. The molecular formula is C22H20N4O2. The van der Waals surface area contributed by atoms with Crippen LogP contribution >= 0.6 is 0 Å². The van der Waals surface area contributed by atoms with Gasteiger partial charge in [-0.1, -0.05) is 18.2 Å². The van der Waals surface area contributed by atoms with E-state index in [4.69, 9.17) is 4.74 Å². The number of ether oxygens (including phenoxy) is 1. The van der Waals surface area contributed by atoms with Crippen molar-refractivity contribution in [1.29, 1.82) is 0 Å². The smallest absolute Gasteiger partial charge is 0.256 e. The maximum atomic E-state index is 12.8. The summed E-state index contributed by atoms with van der Waals surface area (Å²) in [7, 11) is 1.59. The molecule has 140 valence electrons. The molecule has 28 heavy (non-hydrogen) atoms. The fraction of sp³-hybridized carbons (Fsp3) is 0.136. The standard InChI is InChI=1S/C22H20N4O2/c1-14-6-8-17(28-3)12-18(14)21(27)24-19-11-16(7-5-15(19)2)20-13-26-10-4-9-23-22(26)25-20/h4-13H,1-3H3,(H,24,27). The average Bonchev–Trinajstić information content (AvgIpc) is 3.14. The molecule has 2 aromatic heterocycles. The molecular weight excluding hydrogens is 352 g/mol. The number of carbonyl (C=O) groups is 1. The lowest BCUT2D eigenvalue weighted by Gasteiger charge is -2.12. The van der Waals surface area contributed by atoms with Gasteiger partial charge in [-0.2, -0.15) is 0 Å². The van der Waals surface area contributed by atoms with Crippen molar-refractivity contribution >= 4 is 17.4 Å². The van der Waals surface area contributed by atoms with E-state index < -0.39 is 0 Å². The van der Waals surface area contributed by atoms with E-state index >= 15 is 0 Å². The largest absolute Gasteiger partial charge is 0.497 e. The van der Waals surface area contributed by atoms with Crippen molar-refractivity contribution in [3.8, 4) is 17.0 Å². The number of aromatic nitrogens is 3. The van der Waals surface area contributed by atoms with Crippen molar-refractivity contribution in [1.82, 2.24) is 14.4 Å². The normalized spacial score (nSPS) is 10.8. The number of methoxy groups -OCH3 is 1. The van der Waals surface area contributed by atoms with Gasteiger partial charge < -0.3 is 10.1 Å². The summed E-state index contributed by atoms with van der Waals surface area (Å²) in [6, 6.07) is 13.2. The molecule has 6 heteroatoms. The number of anilines is 1. The second-order valence-corrected chi connectivity index (χ2v) is 6.62. The van der Waals surface area contributed by atoms with Gasteiger partial charge in [-0.3, -0.25) is 9.20 Å². The summed E-state index contributed by atoms with van der Waals surface area (Å²) >= 11 is 0. The second-order valence-electron chi connectivity index (χ2n) is 6.62. The van der Waals surface area contributed by atoms with Gasteiger partial charge in [0.1, 0.15) is 5.75 Å². The fourth-order valence-corrected chi connectivity index (χ4v) is 3.05. The summed E-state index contributed by atoms with van der Waals surface area (Å²) < 4.78 is 7.11. The lowest BCUT2D eigenvalue weighted by Crippen LogP contribution is -2.14. The molecule has 4 aromatic rings. The van der Waals surface area contributed by atoms with Crippen LogP contribution in [0.25, 0.3) is 17.0 Å². The Morgan fingerprint density at radius 3 is 2.71 bits per heavy atom. The number of carbonyl (C=O) groups excluding carboxylic acids is 1. The first-order valence-corrected chi connectivity index (χ1v) is 8.92. The molecule has 2 heterocycles. The van der Waals surface area contributed by atoms with E-state index in [1.807, 2.05) is 67.0 Å². The third kappa shape index (κ3) is 3.32. The van der Waals surface area contributed by atoms with Crippen LogP contribution in [0.3, 0.4) is 0 Å². The first-order valence-electron chi connectivity index (χ1n) is 8.92. The van der Waals surface area contributed by atoms with Gasteiger partial charge >= 0.3 is 0 Å². The molecule has 0 saturated carbocycles. The Morgan fingerprint density at radius 1 is 1.11 bits per heavy atom. The van der Waals surface area contributed by atoms with Crippen molar-refractivity contribution < 1.29 is 9.53 Å². The van der Waals surface area contributed by atoms with Crippen LogP contribution in [0.1, 0.15) is 21.5 Å². The van der Waals surface area contributed by atoms with Crippen LogP contribution in [0.4, 0.5) is 5.69 Å². The summed E-state index contributed by atoms with van der Waals surface area (Å²) in [5, 5.41) is 3.02. The lowest BCUT2D eigenvalue weighted by atomic mass is 10.1. The Hall–Kier alpha value is -3.67. The Balaban J connectivity index is 1.67. The predicted octanol–water partition coefficient (Wildman–Crippen LogP) is 4.27. The van der Waals surface area contributed by atoms with E-state index in [9.17, 15) is 4.79 Å². The van der Waals surface area contributed by atoms with E-state index in [1.165, 1.54) is 0 Å². The number of imidazole rings is 1. The Labute approximate surface area is 162 Å². The average molecular weight is 372 g/mol. The summed E-state index contributed by atoms with van der Waals surface area (Å²) in [6.07, 6.45) is 5.54. The maximum absolute atomic E-state index is 12.8. The first-order chi connectivity index (χ1) is 13.5. The monoisotopic (exact) mass is 372 g/mol. The van der Waals surface area contributed by atoms with Gasteiger partial charge in [0.15, 0.2) is 0 Å². The highest BCUT2D eigenvalue weighted by Crippen LogP contribution is 2.26. The zero-order valence-electron chi connectivity index (χ0n) is 15.9. The third-order valence-electron chi connectivity index (χ3n) is 4.71. The SMILES string of the molecule is COc1ccc(C)c(C(=O)Nc2cc(-c3cn4cccnc4n3)ccc2C)c1. The van der Waals surface area contributed by atoms with Crippen molar-refractivity contribution in [2.24, 2.45) is 0 Å². The van der Waals surface area contributed by atoms with Gasteiger partial charge in [-0.05, 0) is 49.2 Å². The van der Waals surface area contributed by atoms with E-state index in [2.05, 4.69) is 15.3 Å². The minimum Gasteiger partial charge on any atom is -0.497 e. The van der Waals surface area contributed by atoms with Crippen LogP contribution in [0.5, 0.6) is 5.75 Å². The number of hydrogen-bond acceptors (Lipinski definition) is 4. The van der Waals surface area contributed by atoms with Gasteiger partial charge in [-0.25, -0.2) is 9.97 Å². The molecule has 0 atom stereocenters. The van der Waals surface area contributed by atoms with Crippen LogP contribution < -0.4 is 10.1 Å². The number of fused-ring (bicyclic) bond motifs is 1. The number of amides is 1. The molecule has 0 saturated heterocycles. The van der Waals surface area contributed by atoms with E-state index in [-0.39, 0.29) is 5.91 Å². The number of rotatable bonds is 4. The molecule has 0 radical (unpaired) electrons. The van der Waals surface area contributed by atoms with E-state index in [0.29, 0.717) is 17.1 Å². The molecule has 1 amide bonds. The summed E-state index contributed by atoms with van der Waals surface area (Å²) in [5.74, 6) is 1.11. The third-order valence-corrected chi connectivity index (χ3v) is 4.71. The predicted molar refractivity (Wildman–Crippen MR) is 109 cm³/mol. The highest BCUT2D eigenvalue weighted by molar-refractivity contribution is 6.06. The maximum Gasteiger partial charge on any atom is 0.256 e. The Morgan fingerprint density at radius 2 is 1.93 bits per heavy atom. The van der Waals surface area contributed by atoms with Crippen LogP contribution in [0.2, 0.25) is 0 Å². The minimum absolute atomic E-state index is 0.173. The van der Waals surface area contributed by atoms with Gasteiger partial charge in [-0.15, -0.1) is 0 Å².